The first-order chi connectivity index (χ1) is 14.0. The lowest BCUT2D eigenvalue weighted by Crippen LogP contribution is -2.32. The summed E-state index contributed by atoms with van der Waals surface area (Å²) in [6.45, 7) is 0.221. The van der Waals surface area contributed by atoms with Gasteiger partial charge in [-0.15, -0.1) is 0 Å². The van der Waals surface area contributed by atoms with Crippen molar-refractivity contribution < 1.29 is 15.0 Å². The summed E-state index contributed by atoms with van der Waals surface area (Å²) in [5.41, 5.74) is 1.62. The molecule has 0 saturated carbocycles. The van der Waals surface area contributed by atoms with Crippen molar-refractivity contribution in [2.45, 2.75) is 38.6 Å². The summed E-state index contributed by atoms with van der Waals surface area (Å²) in [5.74, 6) is -1.42. The van der Waals surface area contributed by atoms with Gasteiger partial charge < -0.3 is 10.2 Å². The standard InChI is InChI=1S/C20H22N4O5/c25-16-9-5-4-8-14(16)18(27)23-21-12-15-17(26)22-20(29)24(19(15)28)11-10-13-6-2-1-3-7-13/h4-6,8-9,12,25,28H,1-3,7,10-11H2,(H,23,27)(H,22,26,29)/b21-12-. The van der Waals surface area contributed by atoms with Crippen LogP contribution in [0.3, 0.4) is 0 Å². The van der Waals surface area contributed by atoms with Gasteiger partial charge in [0.2, 0.25) is 5.88 Å². The maximum absolute atomic E-state index is 12.1. The number of carbonyl (C=O) groups is 1. The van der Waals surface area contributed by atoms with Crippen LogP contribution in [0.5, 0.6) is 11.6 Å². The highest BCUT2D eigenvalue weighted by atomic mass is 16.3. The van der Waals surface area contributed by atoms with Crippen LogP contribution in [-0.4, -0.2) is 31.9 Å². The number of allylic oxidation sites excluding steroid dienone is 2. The second-order valence-electron chi connectivity index (χ2n) is 6.72. The van der Waals surface area contributed by atoms with Gasteiger partial charge in [0.25, 0.3) is 11.5 Å². The highest BCUT2D eigenvalue weighted by Crippen LogP contribution is 2.21. The smallest absolute Gasteiger partial charge is 0.331 e. The van der Waals surface area contributed by atoms with Gasteiger partial charge in [-0.25, -0.2) is 10.2 Å². The molecule has 0 fully saturated rings. The minimum atomic E-state index is -0.818. The molecule has 3 rings (SSSR count). The van der Waals surface area contributed by atoms with Crippen LogP contribution in [0.25, 0.3) is 0 Å². The van der Waals surface area contributed by atoms with Crippen LogP contribution in [0.2, 0.25) is 0 Å². The normalized spacial score (nSPS) is 14.0. The predicted molar refractivity (Wildman–Crippen MR) is 107 cm³/mol. The van der Waals surface area contributed by atoms with Crippen LogP contribution < -0.4 is 16.7 Å². The number of para-hydroxylation sites is 1. The number of carbonyl (C=O) groups excluding carboxylic acids is 1. The molecular formula is C20H22N4O5. The molecule has 0 aliphatic heterocycles. The van der Waals surface area contributed by atoms with Crippen LogP contribution in [0.1, 0.15) is 48.0 Å². The molecule has 0 radical (unpaired) electrons. The number of hydrazone groups is 1. The van der Waals surface area contributed by atoms with Gasteiger partial charge in [-0.3, -0.25) is 19.1 Å². The minimum Gasteiger partial charge on any atom is -0.507 e. The van der Waals surface area contributed by atoms with Gasteiger partial charge in [-0.2, -0.15) is 5.10 Å². The van der Waals surface area contributed by atoms with E-state index in [4.69, 9.17) is 0 Å². The Hall–Kier alpha value is -3.62. The lowest BCUT2D eigenvalue weighted by molar-refractivity contribution is 0.0952. The molecule has 9 nitrogen and oxygen atoms in total. The summed E-state index contributed by atoms with van der Waals surface area (Å²) in [7, 11) is 0. The van der Waals surface area contributed by atoms with E-state index in [0.717, 1.165) is 36.5 Å². The van der Waals surface area contributed by atoms with E-state index in [-0.39, 0.29) is 23.4 Å². The van der Waals surface area contributed by atoms with Gasteiger partial charge in [0.05, 0.1) is 11.8 Å². The van der Waals surface area contributed by atoms with Crippen molar-refractivity contribution in [2.24, 2.45) is 5.10 Å². The first-order valence-electron chi connectivity index (χ1n) is 9.32. The second-order valence-corrected chi connectivity index (χ2v) is 6.72. The molecule has 0 bridgehead atoms. The number of phenols is 1. The zero-order chi connectivity index (χ0) is 20.8. The minimum absolute atomic E-state index is 0.00788. The average molecular weight is 398 g/mol. The fourth-order valence-corrected chi connectivity index (χ4v) is 3.17. The molecule has 152 valence electrons. The lowest BCUT2D eigenvalue weighted by atomic mass is 9.97. The number of aromatic hydroxyl groups is 2. The lowest BCUT2D eigenvalue weighted by Gasteiger charge is -2.14. The zero-order valence-electron chi connectivity index (χ0n) is 15.7. The third-order valence-corrected chi connectivity index (χ3v) is 4.76. The number of H-pyrrole nitrogens is 1. The second kappa shape index (κ2) is 9.05. The summed E-state index contributed by atoms with van der Waals surface area (Å²) >= 11 is 0. The topological polar surface area (TPSA) is 137 Å². The Morgan fingerprint density at radius 3 is 2.76 bits per heavy atom. The third kappa shape index (κ3) is 4.81. The number of phenolic OH excluding ortho intramolecular Hbond substituents is 1. The van der Waals surface area contributed by atoms with Crippen LogP contribution in [0.4, 0.5) is 0 Å². The molecule has 0 atom stereocenters. The molecular weight excluding hydrogens is 376 g/mol. The predicted octanol–water partition coefficient (Wildman–Crippen LogP) is 1.60. The molecule has 1 aliphatic rings. The number of hydrogen-bond donors (Lipinski definition) is 4. The number of hydrogen-bond acceptors (Lipinski definition) is 6. The third-order valence-electron chi connectivity index (χ3n) is 4.76. The summed E-state index contributed by atoms with van der Waals surface area (Å²) in [6.07, 6.45) is 7.94. The number of nitrogens with zero attached hydrogens (tertiary/aromatic N) is 2. The van der Waals surface area contributed by atoms with Gasteiger partial charge in [-0.05, 0) is 44.2 Å². The van der Waals surface area contributed by atoms with Gasteiger partial charge in [0, 0.05) is 6.54 Å². The summed E-state index contributed by atoms with van der Waals surface area (Å²) in [4.78, 5) is 38.3. The van der Waals surface area contributed by atoms with Gasteiger partial charge in [0.15, 0.2) is 0 Å². The Labute approximate surface area is 166 Å². The highest BCUT2D eigenvalue weighted by Gasteiger charge is 2.14. The van der Waals surface area contributed by atoms with Gasteiger partial charge in [-0.1, -0.05) is 23.8 Å². The zero-order valence-corrected chi connectivity index (χ0v) is 15.7. The van der Waals surface area contributed by atoms with Crippen molar-refractivity contribution in [2.75, 3.05) is 0 Å². The molecule has 0 unspecified atom stereocenters. The van der Waals surface area contributed by atoms with Crippen molar-refractivity contribution in [3.63, 3.8) is 0 Å². The fraction of sp³-hybridized carbons (Fsp3) is 0.300. The Kier molecular flexibility index (Phi) is 6.28. The van der Waals surface area contributed by atoms with Crippen LogP contribution in [0, 0.1) is 0 Å². The molecule has 0 saturated heterocycles. The van der Waals surface area contributed by atoms with E-state index >= 15 is 0 Å². The number of amides is 1. The number of aromatic nitrogens is 2. The van der Waals surface area contributed by atoms with E-state index in [2.05, 4.69) is 21.6 Å². The summed E-state index contributed by atoms with van der Waals surface area (Å²) < 4.78 is 1.07. The Morgan fingerprint density at radius 1 is 1.24 bits per heavy atom. The maximum atomic E-state index is 12.1. The van der Waals surface area contributed by atoms with E-state index < -0.39 is 23.0 Å². The van der Waals surface area contributed by atoms with Crippen molar-refractivity contribution >= 4 is 12.1 Å². The molecule has 29 heavy (non-hydrogen) atoms. The Balaban J connectivity index is 1.76. The fourth-order valence-electron chi connectivity index (χ4n) is 3.17. The number of benzene rings is 1. The molecule has 4 N–H and O–H groups in total. The molecule has 1 aromatic heterocycles. The molecule has 1 aromatic carbocycles. The maximum Gasteiger partial charge on any atom is 0.331 e. The van der Waals surface area contributed by atoms with E-state index in [0.29, 0.717) is 6.42 Å². The first kappa shape index (κ1) is 20.1. The molecule has 0 spiro atoms. The SMILES string of the molecule is O=C(N/N=C\c1c(O)n(CCC2=CCCCC2)c(=O)[nH]c1=O)c1ccccc1O. The molecule has 9 heteroatoms. The Bertz CT molecular complexity index is 1080. The van der Waals surface area contributed by atoms with Crippen LogP contribution in [-0.2, 0) is 6.54 Å². The summed E-state index contributed by atoms with van der Waals surface area (Å²) in [6, 6.07) is 5.91. The quantitative estimate of drug-likeness (QED) is 0.333. The Morgan fingerprint density at radius 2 is 2.03 bits per heavy atom. The molecule has 1 heterocycles. The van der Waals surface area contributed by atoms with E-state index in [1.165, 1.54) is 17.7 Å². The molecule has 2 aromatic rings. The number of aromatic amines is 1. The van der Waals surface area contributed by atoms with Crippen molar-refractivity contribution in [3.05, 3.63) is 67.9 Å². The summed E-state index contributed by atoms with van der Waals surface area (Å²) in [5, 5.41) is 23.7. The first-order valence-corrected chi connectivity index (χ1v) is 9.32. The van der Waals surface area contributed by atoms with Crippen molar-refractivity contribution in [1.29, 1.82) is 0 Å². The van der Waals surface area contributed by atoms with E-state index in [9.17, 15) is 24.6 Å². The van der Waals surface area contributed by atoms with Crippen LogP contribution >= 0.6 is 0 Å². The molecule has 1 amide bonds. The largest absolute Gasteiger partial charge is 0.507 e. The number of nitrogens with one attached hydrogen (secondary N) is 2. The van der Waals surface area contributed by atoms with Crippen molar-refractivity contribution in [3.8, 4) is 11.6 Å². The highest BCUT2D eigenvalue weighted by molar-refractivity contribution is 5.97. The molecule has 1 aliphatic carbocycles. The monoisotopic (exact) mass is 398 g/mol. The van der Waals surface area contributed by atoms with E-state index in [1.807, 2.05) is 0 Å². The van der Waals surface area contributed by atoms with Crippen molar-refractivity contribution in [1.82, 2.24) is 15.0 Å². The number of rotatable bonds is 6. The van der Waals surface area contributed by atoms with E-state index in [1.54, 1.807) is 12.1 Å². The van der Waals surface area contributed by atoms with Crippen LogP contribution in [0.15, 0.2) is 50.6 Å². The van der Waals surface area contributed by atoms with Gasteiger partial charge in [0.1, 0.15) is 11.3 Å². The van der Waals surface area contributed by atoms with Gasteiger partial charge >= 0.3 is 5.69 Å². The average Bonchev–Trinajstić information content (AvgIpc) is 2.71.